The number of aryl methyl sites for hydroxylation is 2. The highest BCUT2D eigenvalue weighted by atomic mass is 16.2. The van der Waals surface area contributed by atoms with Crippen LogP contribution in [0.4, 0.5) is 0 Å². The fraction of sp³-hybridized carbons (Fsp3) is 0.259. The first-order valence-electron chi connectivity index (χ1n) is 11.3. The van der Waals surface area contributed by atoms with Crippen LogP contribution in [0.25, 0.3) is 21.8 Å². The Bertz CT molecular complexity index is 1330. The van der Waals surface area contributed by atoms with E-state index in [-0.39, 0.29) is 17.9 Å². The van der Waals surface area contributed by atoms with Crippen molar-refractivity contribution in [2.24, 2.45) is 0 Å². The van der Waals surface area contributed by atoms with Crippen molar-refractivity contribution in [3.8, 4) is 0 Å². The maximum atomic E-state index is 13.0. The van der Waals surface area contributed by atoms with E-state index in [1.807, 2.05) is 81.4 Å². The molecule has 2 amide bonds. The highest BCUT2D eigenvalue weighted by molar-refractivity contribution is 6.07. The molecule has 168 valence electrons. The van der Waals surface area contributed by atoms with Gasteiger partial charge >= 0.3 is 0 Å². The van der Waals surface area contributed by atoms with E-state index in [1.54, 1.807) is 0 Å². The number of aromatic nitrogens is 2. The van der Waals surface area contributed by atoms with Gasteiger partial charge < -0.3 is 10.6 Å². The van der Waals surface area contributed by atoms with Crippen LogP contribution in [0.5, 0.6) is 0 Å². The van der Waals surface area contributed by atoms with Crippen molar-refractivity contribution in [1.82, 2.24) is 20.6 Å². The molecule has 0 fully saturated rings. The molecule has 0 aliphatic carbocycles. The number of carbonyl (C=O) groups excluding carboxylic acids is 2. The van der Waals surface area contributed by atoms with Gasteiger partial charge in [0.2, 0.25) is 0 Å². The summed E-state index contributed by atoms with van der Waals surface area (Å²) in [5.41, 5.74) is 4.47. The number of carbonyl (C=O) groups is 2. The lowest BCUT2D eigenvalue weighted by Gasteiger charge is -2.18. The minimum Gasteiger partial charge on any atom is -0.352 e. The van der Waals surface area contributed by atoms with Gasteiger partial charge in [-0.1, -0.05) is 43.3 Å². The largest absolute Gasteiger partial charge is 0.352 e. The van der Waals surface area contributed by atoms with Gasteiger partial charge in [0, 0.05) is 34.7 Å². The number of benzene rings is 2. The molecule has 0 unspecified atom stereocenters. The zero-order chi connectivity index (χ0) is 23.4. The minimum absolute atomic E-state index is 0.0547. The molecule has 0 bridgehead atoms. The van der Waals surface area contributed by atoms with Crippen molar-refractivity contribution in [1.29, 1.82) is 0 Å². The summed E-state index contributed by atoms with van der Waals surface area (Å²) in [6.45, 7) is 6.27. The summed E-state index contributed by atoms with van der Waals surface area (Å²) in [5.74, 6) is -0.251. The van der Waals surface area contributed by atoms with Crippen molar-refractivity contribution in [3.05, 3.63) is 83.2 Å². The molecule has 2 heterocycles. The molecular formula is C27H28N4O2. The fourth-order valence-corrected chi connectivity index (χ4v) is 4.09. The van der Waals surface area contributed by atoms with Gasteiger partial charge in [-0.2, -0.15) is 0 Å². The zero-order valence-corrected chi connectivity index (χ0v) is 19.2. The Morgan fingerprint density at radius 2 is 1.33 bits per heavy atom. The molecule has 2 aromatic heterocycles. The fourth-order valence-electron chi connectivity index (χ4n) is 4.09. The highest BCUT2D eigenvalue weighted by Crippen LogP contribution is 2.19. The molecule has 0 radical (unpaired) electrons. The van der Waals surface area contributed by atoms with Crippen molar-refractivity contribution < 1.29 is 9.59 Å². The normalized spacial score (nSPS) is 12.0. The number of fused-ring (bicyclic) bond motifs is 2. The molecule has 33 heavy (non-hydrogen) atoms. The van der Waals surface area contributed by atoms with Crippen molar-refractivity contribution in [2.75, 3.05) is 6.54 Å². The molecule has 6 heteroatoms. The molecule has 1 atom stereocenters. The van der Waals surface area contributed by atoms with E-state index in [4.69, 9.17) is 0 Å². The smallest absolute Gasteiger partial charge is 0.252 e. The summed E-state index contributed by atoms with van der Waals surface area (Å²) in [5, 5.41) is 7.80. The Morgan fingerprint density at radius 1 is 0.818 bits per heavy atom. The zero-order valence-electron chi connectivity index (χ0n) is 19.2. The van der Waals surface area contributed by atoms with E-state index in [1.165, 1.54) is 0 Å². The van der Waals surface area contributed by atoms with Crippen LogP contribution < -0.4 is 10.6 Å². The second kappa shape index (κ2) is 9.77. The van der Waals surface area contributed by atoms with Crippen molar-refractivity contribution in [3.63, 3.8) is 0 Å². The summed E-state index contributed by atoms with van der Waals surface area (Å²) in [7, 11) is 0. The Kier molecular flexibility index (Phi) is 6.63. The van der Waals surface area contributed by atoms with E-state index < -0.39 is 0 Å². The number of pyridine rings is 2. The third-order valence-corrected chi connectivity index (χ3v) is 5.78. The van der Waals surface area contributed by atoms with E-state index in [0.29, 0.717) is 24.1 Å². The Hall–Kier alpha value is -3.80. The number of para-hydroxylation sites is 2. The van der Waals surface area contributed by atoms with Crippen LogP contribution in [-0.2, 0) is 0 Å². The minimum atomic E-state index is -0.131. The maximum Gasteiger partial charge on any atom is 0.252 e. The van der Waals surface area contributed by atoms with E-state index in [9.17, 15) is 9.59 Å². The number of rotatable bonds is 7. The van der Waals surface area contributed by atoms with Gasteiger partial charge in [-0.25, -0.2) is 0 Å². The molecule has 6 nitrogen and oxygen atoms in total. The molecule has 4 aromatic rings. The van der Waals surface area contributed by atoms with Crippen LogP contribution in [0.1, 0.15) is 51.9 Å². The van der Waals surface area contributed by atoms with E-state index >= 15 is 0 Å². The second-order valence-corrected chi connectivity index (χ2v) is 8.28. The molecular weight excluding hydrogens is 412 g/mol. The van der Waals surface area contributed by atoms with Gasteiger partial charge in [0.1, 0.15) is 0 Å². The Morgan fingerprint density at radius 3 is 1.88 bits per heavy atom. The summed E-state index contributed by atoms with van der Waals surface area (Å²) in [6, 6.07) is 18.9. The predicted molar refractivity (Wildman–Crippen MR) is 131 cm³/mol. The highest BCUT2D eigenvalue weighted by Gasteiger charge is 2.17. The number of amides is 2. The van der Waals surface area contributed by atoms with Crippen LogP contribution in [0.2, 0.25) is 0 Å². The monoisotopic (exact) mass is 440 g/mol. The number of nitrogens with zero attached hydrogens (tertiary/aromatic N) is 2. The summed E-state index contributed by atoms with van der Waals surface area (Å²) in [6.07, 6.45) is 1.40. The molecule has 0 aliphatic heterocycles. The van der Waals surface area contributed by atoms with Crippen molar-refractivity contribution >= 4 is 33.6 Å². The van der Waals surface area contributed by atoms with Crippen molar-refractivity contribution in [2.45, 2.75) is 39.7 Å². The van der Waals surface area contributed by atoms with Crippen LogP contribution in [0.3, 0.4) is 0 Å². The van der Waals surface area contributed by atoms with E-state index in [0.717, 1.165) is 39.6 Å². The van der Waals surface area contributed by atoms with Gasteiger partial charge in [0.05, 0.1) is 22.2 Å². The number of hydrogen-bond donors (Lipinski definition) is 2. The van der Waals surface area contributed by atoms with Crippen LogP contribution in [0.15, 0.2) is 60.7 Å². The molecule has 0 spiro atoms. The molecule has 0 aliphatic rings. The summed E-state index contributed by atoms with van der Waals surface area (Å²) in [4.78, 5) is 34.9. The summed E-state index contributed by atoms with van der Waals surface area (Å²) >= 11 is 0. The van der Waals surface area contributed by atoms with Gasteiger partial charge in [0.15, 0.2) is 0 Å². The molecule has 0 saturated heterocycles. The quantitative estimate of drug-likeness (QED) is 0.435. The van der Waals surface area contributed by atoms with E-state index in [2.05, 4.69) is 20.6 Å². The molecule has 4 rings (SSSR count). The van der Waals surface area contributed by atoms with Crippen LogP contribution in [0, 0.1) is 13.8 Å². The maximum absolute atomic E-state index is 13.0. The van der Waals surface area contributed by atoms with Gasteiger partial charge in [-0.3, -0.25) is 19.6 Å². The standard InChI is InChI=1S/C27H28N4O2/c1-4-19(31-27(33)23-16-18(3)30-25-12-8-6-10-21(23)25)13-14-28-26(32)22-15-17(2)29-24-11-7-5-9-20(22)24/h5-12,15-16,19H,4,13-14H2,1-3H3,(H,28,32)(H,31,33)/t19-/m0/s1. The lowest BCUT2D eigenvalue weighted by atomic mass is 10.1. The molecule has 2 N–H and O–H groups in total. The topological polar surface area (TPSA) is 84.0 Å². The van der Waals surface area contributed by atoms with Crippen LogP contribution >= 0.6 is 0 Å². The van der Waals surface area contributed by atoms with Gasteiger partial charge in [-0.05, 0) is 51.0 Å². The first kappa shape index (κ1) is 22.4. The third kappa shape index (κ3) is 5.00. The Balaban J connectivity index is 1.42. The SMILES string of the molecule is CC[C@@H](CCNC(=O)c1cc(C)nc2ccccc12)NC(=O)c1cc(C)nc2ccccc12. The number of hydrogen-bond acceptors (Lipinski definition) is 4. The van der Waals surface area contributed by atoms with Gasteiger partial charge in [-0.15, -0.1) is 0 Å². The summed E-state index contributed by atoms with van der Waals surface area (Å²) < 4.78 is 0. The number of nitrogens with one attached hydrogen (secondary N) is 2. The average molecular weight is 441 g/mol. The first-order valence-corrected chi connectivity index (χ1v) is 11.3. The lowest BCUT2D eigenvalue weighted by Crippen LogP contribution is -2.37. The lowest BCUT2D eigenvalue weighted by molar-refractivity contribution is 0.0934. The van der Waals surface area contributed by atoms with Gasteiger partial charge in [0.25, 0.3) is 11.8 Å². The average Bonchev–Trinajstić information content (AvgIpc) is 2.82. The first-order chi connectivity index (χ1) is 16.0. The van der Waals surface area contributed by atoms with Crippen LogP contribution in [-0.4, -0.2) is 34.4 Å². The molecule has 0 saturated carbocycles. The second-order valence-electron chi connectivity index (χ2n) is 8.28. The Labute approximate surface area is 193 Å². The molecule has 2 aromatic carbocycles. The third-order valence-electron chi connectivity index (χ3n) is 5.78. The predicted octanol–water partition coefficient (Wildman–Crippen LogP) is 4.73.